The van der Waals surface area contributed by atoms with E-state index in [-0.39, 0.29) is 23.1 Å². The smallest absolute Gasteiger partial charge is 0.0198 e. The average Bonchev–Trinajstić information content (AvgIpc) is 1.72. The molecule has 0 aliphatic heterocycles. The zero-order chi connectivity index (χ0) is 4.24. The molecule has 0 nitrogen and oxygen atoms in total. The van der Waals surface area contributed by atoms with Gasteiger partial charge in [-0.3, -0.25) is 0 Å². The van der Waals surface area contributed by atoms with Crippen molar-refractivity contribution in [2.75, 3.05) is 0 Å². The van der Waals surface area contributed by atoms with Crippen LogP contribution in [0.15, 0.2) is 29.6 Å². The summed E-state index contributed by atoms with van der Waals surface area (Å²) in [6, 6.07) is 6.24. The van der Waals surface area contributed by atoms with Crippen LogP contribution in [0.2, 0.25) is 0 Å². The fourth-order valence-electron chi connectivity index (χ4n) is 0.385. The van der Waals surface area contributed by atoms with Gasteiger partial charge in [0, 0.05) is 32.2 Å². The van der Waals surface area contributed by atoms with Crippen molar-refractivity contribution < 1.29 is 0 Å². The summed E-state index contributed by atoms with van der Waals surface area (Å²) >= 11 is 0. The van der Waals surface area contributed by atoms with Crippen LogP contribution in [0.3, 0.4) is 0 Å². The fraction of sp³-hybridized carbons (Fsp3) is 0. The van der Waals surface area contributed by atoms with Crippen LogP contribution in [0.1, 0.15) is 0 Å². The maximum atomic E-state index is 2.21. The number of rotatable bonds is 0. The van der Waals surface area contributed by atoms with Crippen LogP contribution in [-0.2, 0) is 0 Å². The molecule has 0 N–H and O–H groups in total. The highest BCUT2D eigenvalue weighted by atomic mass is 28.2. The van der Waals surface area contributed by atoms with Crippen molar-refractivity contribution in [1.82, 2.24) is 0 Å². The normalized spacial score (nSPS) is 6.86. The van der Waals surface area contributed by atoms with Crippen molar-refractivity contribution >= 4 is 32.2 Å². The molecule has 0 aromatic carbocycles. The molecule has 7 heavy (non-hydrogen) atoms. The van der Waals surface area contributed by atoms with Crippen LogP contribution in [-0.4, -0.2) is 32.2 Å². The summed E-state index contributed by atoms with van der Waals surface area (Å²) in [6.07, 6.45) is 0. The molecule has 1 rings (SSSR count). The van der Waals surface area contributed by atoms with Crippen molar-refractivity contribution in [3.05, 3.63) is 29.6 Å². The van der Waals surface area contributed by atoms with Gasteiger partial charge in [-0.25, -0.2) is 0 Å². The van der Waals surface area contributed by atoms with Crippen LogP contribution in [0.4, 0.5) is 0 Å². The predicted octanol–water partition coefficient (Wildman–Crippen LogP) is 0.376. The monoisotopic (exact) mass is 118 g/mol. The van der Waals surface area contributed by atoms with Gasteiger partial charge in [0.1, 0.15) is 0 Å². The Morgan fingerprint density at radius 3 is 1.57 bits per heavy atom. The Kier molecular flexibility index (Phi) is 4.70. The maximum absolute atomic E-state index is 2.21. The van der Waals surface area contributed by atoms with Crippen LogP contribution < -0.4 is 0 Å². The highest BCUT2D eigenvalue weighted by Gasteiger charge is 1.58. The van der Waals surface area contributed by atoms with Gasteiger partial charge in [0.2, 0.25) is 0 Å². The van der Waals surface area contributed by atoms with Crippen molar-refractivity contribution in [3.63, 3.8) is 0 Å². The SMILES string of the molecule is [Mg].c1cc[siH]cc1. The Labute approximate surface area is 61.8 Å². The van der Waals surface area contributed by atoms with E-state index in [1.807, 2.05) is 0 Å². The highest BCUT2D eigenvalue weighted by molar-refractivity contribution is 6.26. The first-order valence-corrected chi connectivity index (χ1v) is 3.33. The molecule has 0 unspecified atom stereocenters. The van der Waals surface area contributed by atoms with E-state index >= 15 is 0 Å². The Morgan fingerprint density at radius 1 is 0.857 bits per heavy atom. The van der Waals surface area contributed by atoms with E-state index in [4.69, 9.17) is 0 Å². The molecule has 0 saturated carbocycles. The van der Waals surface area contributed by atoms with Crippen molar-refractivity contribution in [1.29, 1.82) is 0 Å². The summed E-state index contributed by atoms with van der Waals surface area (Å²) < 4.78 is 0. The topological polar surface area (TPSA) is 0 Å². The van der Waals surface area contributed by atoms with E-state index < -0.39 is 0 Å². The van der Waals surface area contributed by atoms with Gasteiger partial charge in [-0.05, 0) is 0 Å². The molecule has 1 aromatic heterocycles. The molecule has 1 aromatic rings. The molecule has 0 amide bonds. The third-order valence-electron chi connectivity index (χ3n) is 0.667. The lowest BCUT2D eigenvalue weighted by atomic mass is 10.6. The molecule has 0 spiro atoms. The Bertz CT molecular complexity index is 80.0. The first-order valence-electron chi connectivity index (χ1n) is 2.00. The van der Waals surface area contributed by atoms with E-state index in [0.29, 0.717) is 9.12 Å². The molecular weight excluding hydrogens is 112 g/mol. The van der Waals surface area contributed by atoms with Gasteiger partial charge in [-0.15, -0.1) is 0 Å². The van der Waals surface area contributed by atoms with Gasteiger partial charge in [0.05, 0.1) is 0 Å². The molecule has 0 aliphatic rings. The van der Waals surface area contributed by atoms with E-state index in [1.54, 1.807) is 0 Å². The fourth-order valence-corrected chi connectivity index (χ4v) is 1.03. The lowest BCUT2D eigenvalue weighted by molar-refractivity contribution is 1.87. The molecule has 0 aliphatic carbocycles. The molecule has 32 valence electrons. The van der Waals surface area contributed by atoms with Gasteiger partial charge in [-0.2, -0.15) is 0 Å². The Morgan fingerprint density at radius 2 is 1.43 bits per heavy atom. The van der Waals surface area contributed by atoms with Gasteiger partial charge >= 0.3 is 0 Å². The summed E-state index contributed by atoms with van der Waals surface area (Å²) in [5.74, 6) is 0. The molecule has 0 saturated heterocycles. The largest absolute Gasteiger partial charge is 0.0805 e. The van der Waals surface area contributed by atoms with Crippen LogP contribution in [0, 0.1) is 0 Å². The third-order valence-corrected chi connectivity index (χ3v) is 1.56. The summed E-state index contributed by atoms with van der Waals surface area (Å²) in [5, 5.41) is 0. The maximum Gasteiger partial charge on any atom is 0.0198 e. The Balaban J connectivity index is 0.000000360. The zero-order valence-corrected chi connectivity index (χ0v) is 6.74. The molecule has 0 fully saturated rings. The minimum atomic E-state index is 0. The molecular formula is C5H6MgSi. The first kappa shape index (κ1) is 7.33. The summed E-state index contributed by atoms with van der Waals surface area (Å²) in [5.41, 5.74) is 4.42. The predicted molar refractivity (Wildman–Crippen MR) is 34.9 cm³/mol. The first-order chi connectivity index (χ1) is 3.00. The molecule has 0 bridgehead atoms. The summed E-state index contributed by atoms with van der Waals surface area (Å²) in [7, 11) is 0.513. The van der Waals surface area contributed by atoms with Gasteiger partial charge < -0.3 is 0 Å². The van der Waals surface area contributed by atoms with Crippen molar-refractivity contribution in [2.24, 2.45) is 0 Å². The van der Waals surface area contributed by atoms with Gasteiger partial charge in [-0.1, -0.05) is 29.6 Å². The number of hydrogen-bond donors (Lipinski definition) is 0. The minimum absolute atomic E-state index is 0. The van der Waals surface area contributed by atoms with E-state index in [1.165, 1.54) is 0 Å². The quantitative estimate of drug-likeness (QED) is 0.432. The standard InChI is InChI=1S/C5H6Si.Mg/c1-2-4-6-5-3-1;/h1-6H;. The van der Waals surface area contributed by atoms with E-state index in [0.717, 1.165) is 0 Å². The lowest BCUT2D eigenvalue weighted by Gasteiger charge is -1.69. The molecule has 0 atom stereocenters. The van der Waals surface area contributed by atoms with Crippen LogP contribution >= 0.6 is 0 Å². The van der Waals surface area contributed by atoms with Crippen molar-refractivity contribution in [2.45, 2.75) is 0 Å². The molecule has 2 radical (unpaired) electrons. The van der Waals surface area contributed by atoms with E-state index in [2.05, 4.69) is 29.6 Å². The minimum Gasteiger partial charge on any atom is -0.0805 e. The van der Waals surface area contributed by atoms with Crippen molar-refractivity contribution in [3.8, 4) is 0 Å². The third kappa shape index (κ3) is 2.96. The second kappa shape index (κ2) is 4.49. The highest BCUT2D eigenvalue weighted by Crippen LogP contribution is 1.73. The van der Waals surface area contributed by atoms with Gasteiger partial charge in [0.25, 0.3) is 0 Å². The second-order valence-corrected chi connectivity index (χ2v) is 2.31. The second-order valence-electron chi connectivity index (χ2n) is 1.15. The summed E-state index contributed by atoms with van der Waals surface area (Å²) in [6.45, 7) is 0. The average molecular weight is 118 g/mol. The van der Waals surface area contributed by atoms with Crippen LogP contribution in [0.25, 0.3) is 0 Å². The summed E-state index contributed by atoms with van der Waals surface area (Å²) in [4.78, 5) is 0. The molecule has 1 heterocycles. The van der Waals surface area contributed by atoms with E-state index in [9.17, 15) is 0 Å². The lowest BCUT2D eigenvalue weighted by Crippen LogP contribution is -1.60. The van der Waals surface area contributed by atoms with Crippen LogP contribution in [0.5, 0.6) is 0 Å². The zero-order valence-electron chi connectivity index (χ0n) is 4.17. The number of hydrogen-bond acceptors (Lipinski definition) is 0. The van der Waals surface area contributed by atoms with Gasteiger partial charge in [0.15, 0.2) is 0 Å². The molecule has 2 heteroatoms. The Hall–Kier alpha value is 0.333.